The number of aldehydes is 1. The van der Waals surface area contributed by atoms with Crippen molar-refractivity contribution in [3.8, 4) is 0 Å². The SMILES string of the molecule is O=CC1(c2cccnc2)N=Nc2ccccc21. The van der Waals surface area contributed by atoms with E-state index in [0.717, 1.165) is 23.1 Å². The lowest BCUT2D eigenvalue weighted by molar-refractivity contribution is -0.111. The first-order chi connectivity index (χ1) is 8.37. The molecular formula is C13H9N3O. The molecule has 0 radical (unpaired) electrons. The molecule has 4 nitrogen and oxygen atoms in total. The molecule has 0 aliphatic carbocycles. The van der Waals surface area contributed by atoms with Crippen molar-refractivity contribution in [3.63, 3.8) is 0 Å². The number of aromatic nitrogens is 1. The number of rotatable bonds is 2. The minimum atomic E-state index is -1.02. The van der Waals surface area contributed by atoms with E-state index in [9.17, 15) is 4.79 Å². The molecule has 1 aliphatic rings. The number of nitrogens with zero attached hydrogens (tertiary/aromatic N) is 3. The van der Waals surface area contributed by atoms with E-state index in [1.54, 1.807) is 18.5 Å². The highest BCUT2D eigenvalue weighted by Crippen LogP contribution is 2.43. The quantitative estimate of drug-likeness (QED) is 0.735. The number of azo groups is 1. The van der Waals surface area contributed by atoms with E-state index in [1.165, 1.54) is 0 Å². The van der Waals surface area contributed by atoms with Crippen molar-refractivity contribution in [1.29, 1.82) is 0 Å². The van der Waals surface area contributed by atoms with Crippen LogP contribution in [0.25, 0.3) is 0 Å². The summed E-state index contributed by atoms with van der Waals surface area (Å²) >= 11 is 0. The van der Waals surface area contributed by atoms with Crippen LogP contribution >= 0.6 is 0 Å². The van der Waals surface area contributed by atoms with Gasteiger partial charge in [-0.25, -0.2) is 0 Å². The molecule has 0 saturated heterocycles. The molecule has 82 valence electrons. The molecule has 0 saturated carbocycles. The maximum atomic E-state index is 11.5. The highest BCUT2D eigenvalue weighted by atomic mass is 16.1. The molecule has 2 heterocycles. The normalized spacial score (nSPS) is 21.2. The predicted octanol–water partition coefficient (Wildman–Crippen LogP) is 2.62. The Balaban J connectivity index is 2.25. The molecule has 1 aromatic heterocycles. The summed E-state index contributed by atoms with van der Waals surface area (Å²) in [6, 6.07) is 11.1. The molecule has 1 aliphatic heterocycles. The van der Waals surface area contributed by atoms with Crippen LogP contribution in [0.3, 0.4) is 0 Å². The van der Waals surface area contributed by atoms with Crippen LogP contribution < -0.4 is 0 Å². The molecule has 0 N–H and O–H groups in total. The van der Waals surface area contributed by atoms with Gasteiger partial charge < -0.3 is 0 Å². The van der Waals surface area contributed by atoms with Gasteiger partial charge in [0.25, 0.3) is 0 Å². The van der Waals surface area contributed by atoms with Gasteiger partial charge in [-0.3, -0.25) is 9.78 Å². The number of fused-ring (bicyclic) bond motifs is 1. The molecule has 0 fully saturated rings. The van der Waals surface area contributed by atoms with Crippen LogP contribution in [-0.2, 0) is 10.3 Å². The lowest BCUT2D eigenvalue weighted by atomic mass is 9.86. The molecule has 1 atom stereocenters. The van der Waals surface area contributed by atoms with Crippen LogP contribution in [0.2, 0.25) is 0 Å². The van der Waals surface area contributed by atoms with Gasteiger partial charge in [0, 0.05) is 23.5 Å². The summed E-state index contributed by atoms with van der Waals surface area (Å²) in [5.41, 5.74) is 1.26. The van der Waals surface area contributed by atoms with Crippen molar-refractivity contribution in [2.24, 2.45) is 10.2 Å². The van der Waals surface area contributed by atoms with Crippen LogP contribution in [-0.4, -0.2) is 11.3 Å². The Kier molecular flexibility index (Phi) is 2.08. The fraction of sp³-hybridized carbons (Fsp3) is 0.0769. The summed E-state index contributed by atoms with van der Waals surface area (Å²) in [5.74, 6) is 0. The number of pyridine rings is 1. The predicted molar refractivity (Wildman–Crippen MR) is 62.0 cm³/mol. The van der Waals surface area contributed by atoms with Crippen molar-refractivity contribution in [2.75, 3.05) is 0 Å². The van der Waals surface area contributed by atoms with Gasteiger partial charge >= 0.3 is 0 Å². The van der Waals surface area contributed by atoms with E-state index >= 15 is 0 Å². The van der Waals surface area contributed by atoms with Gasteiger partial charge in [-0.15, -0.1) is 0 Å². The first kappa shape index (κ1) is 9.84. The minimum absolute atomic E-state index is 0.739. The van der Waals surface area contributed by atoms with E-state index in [2.05, 4.69) is 15.2 Å². The van der Waals surface area contributed by atoms with Crippen molar-refractivity contribution < 1.29 is 4.79 Å². The zero-order valence-electron chi connectivity index (χ0n) is 8.95. The van der Waals surface area contributed by atoms with Crippen LogP contribution in [0.5, 0.6) is 0 Å². The third-order valence-electron chi connectivity index (χ3n) is 2.90. The molecule has 1 unspecified atom stereocenters. The molecule has 1 aromatic carbocycles. The van der Waals surface area contributed by atoms with E-state index in [4.69, 9.17) is 0 Å². The lowest BCUT2D eigenvalue weighted by Gasteiger charge is -2.18. The van der Waals surface area contributed by atoms with Crippen LogP contribution in [0.1, 0.15) is 11.1 Å². The Hall–Kier alpha value is -2.36. The van der Waals surface area contributed by atoms with Gasteiger partial charge in [0.2, 0.25) is 0 Å². The zero-order valence-corrected chi connectivity index (χ0v) is 8.95. The monoisotopic (exact) mass is 223 g/mol. The molecule has 3 rings (SSSR count). The van der Waals surface area contributed by atoms with E-state index in [-0.39, 0.29) is 0 Å². The maximum Gasteiger partial charge on any atom is 0.190 e. The fourth-order valence-corrected chi connectivity index (χ4v) is 2.03. The smallest absolute Gasteiger partial charge is 0.190 e. The molecule has 0 amide bonds. The second kappa shape index (κ2) is 3.59. The van der Waals surface area contributed by atoms with E-state index in [1.807, 2.05) is 30.3 Å². The second-order valence-corrected chi connectivity index (χ2v) is 3.84. The third-order valence-corrected chi connectivity index (χ3v) is 2.90. The first-order valence-electron chi connectivity index (χ1n) is 5.26. The first-order valence-corrected chi connectivity index (χ1v) is 5.26. The van der Waals surface area contributed by atoms with Gasteiger partial charge in [0.15, 0.2) is 11.8 Å². The number of carbonyl (C=O) groups excluding carboxylic acids is 1. The number of carbonyl (C=O) groups is 1. The van der Waals surface area contributed by atoms with Crippen LogP contribution in [0.4, 0.5) is 5.69 Å². The maximum absolute atomic E-state index is 11.5. The van der Waals surface area contributed by atoms with Crippen molar-refractivity contribution in [2.45, 2.75) is 5.54 Å². The molecule has 0 bridgehead atoms. The largest absolute Gasteiger partial charge is 0.300 e. The number of hydrogen-bond donors (Lipinski definition) is 0. The van der Waals surface area contributed by atoms with Gasteiger partial charge in [-0.2, -0.15) is 10.2 Å². The summed E-state index contributed by atoms with van der Waals surface area (Å²) in [7, 11) is 0. The van der Waals surface area contributed by atoms with Gasteiger partial charge in [-0.05, 0) is 12.1 Å². The molecule has 0 spiro atoms. The summed E-state index contributed by atoms with van der Waals surface area (Å²) in [6.45, 7) is 0. The lowest BCUT2D eigenvalue weighted by Crippen LogP contribution is -2.24. The number of hydrogen-bond acceptors (Lipinski definition) is 4. The van der Waals surface area contributed by atoms with Crippen molar-refractivity contribution in [3.05, 3.63) is 59.9 Å². The Bertz CT molecular complexity index is 595. The topological polar surface area (TPSA) is 54.7 Å². The molecular weight excluding hydrogens is 214 g/mol. The van der Waals surface area contributed by atoms with Gasteiger partial charge in [-0.1, -0.05) is 24.3 Å². The van der Waals surface area contributed by atoms with Gasteiger partial charge in [0.1, 0.15) is 0 Å². The summed E-state index contributed by atoms with van der Waals surface area (Å²) in [5, 5.41) is 8.21. The average Bonchev–Trinajstić information content (AvgIpc) is 2.80. The van der Waals surface area contributed by atoms with Crippen LogP contribution in [0.15, 0.2) is 59.0 Å². The standard InChI is InChI=1S/C13H9N3O/c17-9-13(10-4-3-7-14-8-10)11-5-1-2-6-12(11)15-16-13/h1-9H. The second-order valence-electron chi connectivity index (χ2n) is 3.84. The van der Waals surface area contributed by atoms with Gasteiger partial charge in [0.05, 0.1) is 5.69 Å². The summed E-state index contributed by atoms with van der Waals surface area (Å²) in [6.07, 6.45) is 4.13. The Morgan fingerprint density at radius 1 is 1.12 bits per heavy atom. The Morgan fingerprint density at radius 2 is 2.00 bits per heavy atom. The van der Waals surface area contributed by atoms with E-state index < -0.39 is 5.54 Å². The van der Waals surface area contributed by atoms with Crippen molar-refractivity contribution in [1.82, 2.24) is 4.98 Å². The number of benzene rings is 1. The van der Waals surface area contributed by atoms with E-state index in [0.29, 0.717) is 0 Å². The highest BCUT2D eigenvalue weighted by molar-refractivity contribution is 5.79. The fourth-order valence-electron chi connectivity index (χ4n) is 2.03. The molecule has 4 heteroatoms. The summed E-state index contributed by atoms with van der Waals surface area (Å²) < 4.78 is 0. The zero-order chi connectivity index (χ0) is 11.7. The molecule has 17 heavy (non-hydrogen) atoms. The van der Waals surface area contributed by atoms with Crippen molar-refractivity contribution >= 4 is 12.0 Å². The average molecular weight is 223 g/mol. The van der Waals surface area contributed by atoms with Crippen LogP contribution in [0, 0.1) is 0 Å². The Labute approximate surface area is 98.0 Å². The highest BCUT2D eigenvalue weighted by Gasteiger charge is 2.40. The minimum Gasteiger partial charge on any atom is -0.300 e. The molecule has 2 aromatic rings. The summed E-state index contributed by atoms with van der Waals surface area (Å²) in [4.78, 5) is 15.5. The Morgan fingerprint density at radius 3 is 2.76 bits per heavy atom. The third kappa shape index (κ3) is 1.30.